The summed E-state index contributed by atoms with van der Waals surface area (Å²) in [5, 5.41) is 4.53. The van der Waals surface area contributed by atoms with Gasteiger partial charge in [0.1, 0.15) is 18.8 Å². The fourth-order valence-electron chi connectivity index (χ4n) is 3.67. The second-order valence-electron chi connectivity index (χ2n) is 6.03. The fourth-order valence-corrected chi connectivity index (χ4v) is 3.67. The Morgan fingerprint density at radius 1 is 1.13 bits per heavy atom. The lowest BCUT2D eigenvalue weighted by atomic mass is 10.1. The van der Waals surface area contributed by atoms with E-state index in [2.05, 4.69) is 33.9 Å². The van der Waals surface area contributed by atoms with Crippen LogP contribution >= 0.6 is 0 Å². The van der Waals surface area contributed by atoms with E-state index in [0.29, 0.717) is 12.3 Å². The molecule has 0 radical (unpaired) electrons. The van der Waals surface area contributed by atoms with Gasteiger partial charge in [-0.05, 0) is 23.3 Å². The normalized spacial score (nSPS) is 21.6. The highest BCUT2D eigenvalue weighted by molar-refractivity contribution is 5.36. The van der Waals surface area contributed by atoms with E-state index in [1.165, 1.54) is 17.2 Å². The summed E-state index contributed by atoms with van der Waals surface area (Å²) in [4.78, 5) is 0. The molecule has 2 heterocycles. The summed E-state index contributed by atoms with van der Waals surface area (Å²) in [6.45, 7) is 0.455. The van der Waals surface area contributed by atoms with E-state index < -0.39 is 0 Å². The van der Waals surface area contributed by atoms with E-state index >= 15 is 0 Å². The van der Waals surface area contributed by atoms with Gasteiger partial charge in [-0.3, -0.25) is 0 Å². The Kier molecular flexibility index (Phi) is 2.67. The number of nitrogens with zero attached hydrogens (tertiary/aromatic N) is 3. The first kappa shape index (κ1) is 13.0. The van der Waals surface area contributed by atoms with E-state index in [4.69, 9.17) is 4.74 Å². The third-order valence-electron chi connectivity index (χ3n) is 4.73. The molecule has 3 aromatic rings. The Labute approximate surface area is 132 Å². The van der Waals surface area contributed by atoms with Crippen molar-refractivity contribution in [1.29, 1.82) is 0 Å². The highest BCUT2D eigenvalue weighted by Gasteiger charge is 2.43. The number of para-hydroxylation sites is 1. The molecule has 0 bridgehead atoms. The Morgan fingerprint density at radius 2 is 1.96 bits per heavy atom. The molecule has 2 aromatic carbocycles. The molecule has 0 saturated carbocycles. The lowest BCUT2D eigenvalue weighted by Gasteiger charge is -2.23. The lowest BCUT2D eigenvalue weighted by molar-refractivity contribution is -0.739. The Bertz CT molecular complexity index is 905. The first-order valence-electron chi connectivity index (χ1n) is 7.75. The van der Waals surface area contributed by atoms with Gasteiger partial charge in [-0.15, -0.1) is 0 Å². The summed E-state index contributed by atoms with van der Waals surface area (Å²) in [6.07, 6.45) is 2.93. The van der Waals surface area contributed by atoms with Crippen LogP contribution in [0.4, 0.5) is 4.39 Å². The monoisotopic (exact) mass is 308 g/mol. The zero-order chi connectivity index (χ0) is 15.4. The first-order chi connectivity index (χ1) is 11.3. The average Bonchev–Trinajstić information content (AvgIpc) is 3.15. The van der Waals surface area contributed by atoms with Crippen molar-refractivity contribution in [2.45, 2.75) is 25.2 Å². The molecule has 5 heteroatoms. The molecule has 23 heavy (non-hydrogen) atoms. The van der Waals surface area contributed by atoms with Gasteiger partial charge in [0.25, 0.3) is 0 Å². The highest BCUT2D eigenvalue weighted by Crippen LogP contribution is 2.35. The molecule has 0 spiro atoms. The quantitative estimate of drug-likeness (QED) is 0.646. The molecule has 0 N–H and O–H groups in total. The molecule has 0 saturated heterocycles. The minimum Gasteiger partial charge on any atom is -0.363 e. The van der Waals surface area contributed by atoms with Crippen LogP contribution < -0.4 is 4.57 Å². The second-order valence-corrected chi connectivity index (χ2v) is 6.03. The number of halogens is 1. The number of aromatic nitrogens is 3. The number of hydrogen-bond donors (Lipinski definition) is 0. The van der Waals surface area contributed by atoms with Crippen molar-refractivity contribution in [3.8, 4) is 5.69 Å². The van der Waals surface area contributed by atoms with Crippen LogP contribution in [0.2, 0.25) is 0 Å². The third-order valence-corrected chi connectivity index (χ3v) is 4.73. The van der Waals surface area contributed by atoms with Crippen LogP contribution in [0, 0.1) is 5.82 Å². The molecule has 2 aliphatic rings. The number of hydrogen-bond acceptors (Lipinski definition) is 2. The van der Waals surface area contributed by atoms with Gasteiger partial charge in [0, 0.05) is 11.5 Å². The van der Waals surface area contributed by atoms with Crippen molar-refractivity contribution in [3.05, 3.63) is 77.6 Å². The summed E-state index contributed by atoms with van der Waals surface area (Å²) < 4.78 is 23.8. The third kappa shape index (κ3) is 1.86. The van der Waals surface area contributed by atoms with Gasteiger partial charge in [0.2, 0.25) is 6.33 Å². The van der Waals surface area contributed by atoms with Gasteiger partial charge in [0.05, 0.1) is 0 Å². The molecule has 1 aliphatic heterocycles. The molecular formula is C18H15FN3O+. The van der Waals surface area contributed by atoms with Gasteiger partial charge < -0.3 is 4.74 Å². The zero-order valence-corrected chi connectivity index (χ0v) is 12.4. The number of benzene rings is 2. The van der Waals surface area contributed by atoms with Gasteiger partial charge in [-0.1, -0.05) is 41.1 Å². The van der Waals surface area contributed by atoms with Crippen molar-refractivity contribution in [2.24, 2.45) is 0 Å². The fraction of sp³-hybridized carbons (Fsp3) is 0.222. The van der Waals surface area contributed by atoms with Gasteiger partial charge in [-0.25, -0.2) is 8.96 Å². The van der Waals surface area contributed by atoms with Crippen molar-refractivity contribution < 1.29 is 13.7 Å². The smallest absolute Gasteiger partial charge is 0.304 e. The van der Waals surface area contributed by atoms with E-state index in [1.807, 2.05) is 12.4 Å². The number of fused-ring (bicyclic) bond motifs is 5. The predicted molar refractivity (Wildman–Crippen MR) is 80.6 cm³/mol. The minimum absolute atomic E-state index is 0.121. The van der Waals surface area contributed by atoms with Crippen LogP contribution in [-0.4, -0.2) is 15.9 Å². The van der Waals surface area contributed by atoms with Crippen LogP contribution in [-0.2, 0) is 17.8 Å². The number of rotatable bonds is 1. The maximum atomic E-state index is 14.0. The molecule has 1 aromatic heterocycles. The first-order valence-corrected chi connectivity index (χ1v) is 7.75. The molecule has 0 unspecified atom stereocenters. The highest BCUT2D eigenvalue weighted by atomic mass is 19.1. The SMILES string of the molecule is Fc1ccccc1-n1c[n+]2c(n1)CO[C@@H]1Cc3ccccc3[C@@H]12. The lowest BCUT2D eigenvalue weighted by Crippen LogP contribution is -2.51. The second kappa shape index (κ2) is 4.73. The molecule has 0 amide bonds. The van der Waals surface area contributed by atoms with Crippen molar-refractivity contribution >= 4 is 0 Å². The van der Waals surface area contributed by atoms with Crippen molar-refractivity contribution in [1.82, 2.24) is 9.78 Å². The standard InChI is InChI=1S/C18H15FN3O/c19-14-7-3-4-8-15(14)22-11-21-17(20-22)10-23-16-9-12-5-1-2-6-13(12)18(16)21/h1-8,11,16,18H,9-10H2/q+1/t16-,18+/m1/s1. The Morgan fingerprint density at radius 3 is 2.87 bits per heavy atom. The van der Waals surface area contributed by atoms with Crippen LogP contribution in [0.5, 0.6) is 0 Å². The van der Waals surface area contributed by atoms with Gasteiger partial charge in [0.15, 0.2) is 11.5 Å². The zero-order valence-electron chi connectivity index (χ0n) is 12.4. The summed E-state index contributed by atoms with van der Waals surface area (Å²) in [6, 6.07) is 15.2. The maximum Gasteiger partial charge on any atom is 0.304 e. The minimum atomic E-state index is -0.280. The predicted octanol–water partition coefficient (Wildman–Crippen LogP) is 2.34. The van der Waals surface area contributed by atoms with Crippen LogP contribution in [0.3, 0.4) is 0 Å². The van der Waals surface area contributed by atoms with Crippen LogP contribution in [0.1, 0.15) is 23.0 Å². The van der Waals surface area contributed by atoms with Crippen molar-refractivity contribution in [2.75, 3.05) is 0 Å². The number of ether oxygens (including phenoxy) is 1. The largest absolute Gasteiger partial charge is 0.363 e. The molecule has 4 nitrogen and oxygen atoms in total. The Hall–Kier alpha value is -2.53. The molecule has 0 fully saturated rings. The molecular weight excluding hydrogens is 293 g/mol. The van der Waals surface area contributed by atoms with E-state index in [0.717, 1.165) is 12.2 Å². The maximum absolute atomic E-state index is 14.0. The van der Waals surface area contributed by atoms with Crippen molar-refractivity contribution in [3.63, 3.8) is 0 Å². The molecule has 1 aliphatic carbocycles. The van der Waals surface area contributed by atoms with Crippen LogP contribution in [0.15, 0.2) is 54.9 Å². The summed E-state index contributed by atoms with van der Waals surface area (Å²) in [7, 11) is 0. The van der Waals surface area contributed by atoms with E-state index in [-0.39, 0.29) is 18.0 Å². The van der Waals surface area contributed by atoms with Gasteiger partial charge in [-0.2, -0.15) is 0 Å². The van der Waals surface area contributed by atoms with E-state index in [9.17, 15) is 4.39 Å². The summed E-state index contributed by atoms with van der Waals surface area (Å²) in [5.74, 6) is 0.545. The molecule has 114 valence electrons. The average molecular weight is 308 g/mol. The summed E-state index contributed by atoms with van der Waals surface area (Å²) >= 11 is 0. The summed E-state index contributed by atoms with van der Waals surface area (Å²) in [5.41, 5.74) is 3.05. The molecule has 2 atom stereocenters. The topological polar surface area (TPSA) is 30.9 Å². The van der Waals surface area contributed by atoms with Gasteiger partial charge >= 0.3 is 5.82 Å². The van der Waals surface area contributed by atoms with Crippen LogP contribution in [0.25, 0.3) is 5.69 Å². The molecule has 5 rings (SSSR count). The van der Waals surface area contributed by atoms with E-state index in [1.54, 1.807) is 16.8 Å². The Balaban J connectivity index is 1.65.